The van der Waals surface area contributed by atoms with Crippen LogP contribution in [0.4, 0.5) is 9.18 Å². The summed E-state index contributed by atoms with van der Waals surface area (Å²) in [5.41, 5.74) is 0.0798. The van der Waals surface area contributed by atoms with E-state index in [0.717, 1.165) is 18.2 Å². The van der Waals surface area contributed by atoms with Crippen molar-refractivity contribution in [3.63, 3.8) is 0 Å². The molecule has 0 radical (unpaired) electrons. The molecule has 26 heavy (non-hydrogen) atoms. The van der Waals surface area contributed by atoms with Gasteiger partial charge in [0.2, 0.25) is 0 Å². The second-order valence-corrected chi connectivity index (χ2v) is 7.74. The standard InChI is InChI=1S/C21H26FNO3/c1-21(2,3)26-20(24)23-12-10-17(11-13-23)25-14-16-9-8-15-6-4-5-7-18(15)19(16)22/h4-9,17H,10-14H2,1-3H3. The summed E-state index contributed by atoms with van der Waals surface area (Å²) < 4.78 is 25.9. The Morgan fingerprint density at radius 3 is 2.54 bits per heavy atom. The van der Waals surface area contributed by atoms with Crippen molar-refractivity contribution in [2.75, 3.05) is 13.1 Å². The largest absolute Gasteiger partial charge is 0.444 e. The number of halogens is 1. The first-order valence-corrected chi connectivity index (χ1v) is 9.09. The molecule has 1 fully saturated rings. The van der Waals surface area contributed by atoms with E-state index in [1.54, 1.807) is 17.0 Å². The lowest BCUT2D eigenvalue weighted by atomic mass is 10.1. The number of carbonyl (C=O) groups is 1. The van der Waals surface area contributed by atoms with Crippen LogP contribution < -0.4 is 0 Å². The third kappa shape index (κ3) is 4.52. The molecule has 0 unspecified atom stereocenters. The van der Waals surface area contributed by atoms with Gasteiger partial charge in [-0.1, -0.05) is 36.4 Å². The number of nitrogens with zero attached hydrogens (tertiary/aromatic N) is 1. The van der Waals surface area contributed by atoms with Gasteiger partial charge in [0.15, 0.2) is 0 Å². The molecular formula is C21H26FNO3. The topological polar surface area (TPSA) is 38.8 Å². The van der Waals surface area contributed by atoms with Gasteiger partial charge < -0.3 is 14.4 Å². The molecule has 0 bridgehead atoms. The van der Waals surface area contributed by atoms with Crippen LogP contribution in [0.5, 0.6) is 0 Å². The number of rotatable bonds is 3. The van der Waals surface area contributed by atoms with Crippen molar-refractivity contribution in [1.82, 2.24) is 4.90 Å². The minimum Gasteiger partial charge on any atom is -0.444 e. The Bertz CT molecular complexity index is 776. The van der Waals surface area contributed by atoms with E-state index in [-0.39, 0.29) is 24.6 Å². The van der Waals surface area contributed by atoms with Crippen molar-refractivity contribution >= 4 is 16.9 Å². The molecule has 1 heterocycles. The third-order valence-electron chi connectivity index (χ3n) is 4.51. The van der Waals surface area contributed by atoms with Crippen molar-refractivity contribution in [2.45, 2.75) is 51.9 Å². The maximum Gasteiger partial charge on any atom is 0.410 e. The van der Waals surface area contributed by atoms with Crippen molar-refractivity contribution in [1.29, 1.82) is 0 Å². The van der Waals surface area contributed by atoms with Crippen LogP contribution in [0.25, 0.3) is 10.8 Å². The molecule has 0 atom stereocenters. The van der Waals surface area contributed by atoms with Gasteiger partial charge in [-0.3, -0.25) is 0 Å². The fraction of sp³-hybridized carbons (Fsp3) is 0.476. The normalized spacial score (nSPS) is 16.1. The fourth-order valence-corrected chi connectivity index (χ4v) is 3.13. The Morgan fingerprint density at radius 2 is 1.85 bits per heavy atom. The quantitative estimate of drug-likeness (QED) is 0.783. The molecule has 0 saturated carbocycles. The Labute approximate surface area is 153 Å². The van der Waals surface area contributed by atoms with Crippen molar-refractivity contribution in [3.05, 3.63) is 47.8 Å². The number of carbonyl (C=O) groups excluding carboxylic acids is 1. The van der Waals surface area contributed by atoms with E-state index in [2.05, 4.69) is 0 Å². The summed E-state index contributed by atoms with van der Waals surface area (Å²) in [7, 11) is 0. The summed E-state index contributed by atoms with van der Waals surface area (Å²) in [6.07, 6.45) is 1.21. The summed E-state index contributed by atoms with van der Waals surface area (Å²) in [6.45, 7) is 7.02. The molecule has 1 saturated heterocycles. The number of hydrogen-bond acceptors (Lipinski definition) is 3. The molecule has 0 spiro atoms. The molecule has 3 rings (SSSR count). The van der Waals surface area contributed by atoms with E-state index in [9.17, 15) is 9.18 Å². The van der Waals surface area contributed by atoms with E-state index < -0.39 is 5.60 Å². The van der Waals surface area contributed by atoms with Crippen LogP contribution in [0, 0.1) is 5.82 Å². The third-order valence-corrected chi connectivity index (χ3v) is 4.51. The zero-order valence-electron chi connectivity index (χ0n) is 15.6. The molecule has 0 aliphatic carbocycles. The number of ether oxygens (including phenoxy) is 2. The average molecular weight is 359 g/mol. The maximum absolute atomic E-state index is 14.6. The van der Waals surface area contributed by atoms with Crippen LogP contribution in [-0.4, -0.2) is 35.8 Å². The number of benzene rings is 2. The van der Waals surface area contributed by atoms with Crippen LogP contribution in [0.3, 0.4) is 0 Å². The molecule has 0 aromatic heterocycles. The Kier molecular flexibility index (Phi) is 5.47. The zero-order valence-corrected chi connectivity index (χ0v) is 15.6. The Hall–Kier alpha value is -2.14. The highest BCUT2D eigenvalue weighted by Crippen LogP contribution is 2.23. The van der Waals surface area contributed by atoms with Gasteiger partial charge >= 0.3 is 6.09 Å². The zero-order chi connectivity index (χ0) is 18.7. The minimum atomic E-state index is -0.488. The predicted molar refractivity (Wildman–Crippen MR) is 99.5 cm³/mol. The molecule has 0 N–H and O–H groups in total. The van der Waals surface area contributed by atoms with Crippen molar-refractivity contribution in [3.8, 4) is 0 Å². The fourth-order valence-electron chi connectivity index (χ4n) is 3.13. The lowest BCUT2D eigenvalue weighted by Gasteiger charge is -2.33. The lowest BCUT2D eigenvalue weighted by Crippen LogP contribution is -2.43. The first kappa shape index (κ1) is 18.6. The van der Waals surface area contributed by atoms with Gasteiger partial charge in [0.1, 0.15) is 11.4 Å². The first-order chi connectivity index (χ1) is 12.3. The van der Waals surface area contributed by atoms with Gasteiger partial charge in [0, 0.05) is 24.0 Å². The molecule has 2 aromatic carbocycles. The number of fused-ring (bicyclic) bond motifs is 1. The van der Waals surface area contributed by atoms with Gasteiger partial charge in [-0.05, 0) is 39.0 Å². The first-order valence-electron chi connectivity index (χ1n) is 9.09. The highest BCUT2D eigenvalue weighted by molar-refractivity contribution is 5.83. The van der Waals surface area contributed by atoms with Gasteiger partial charge in [-0.15, -0.1) is 0 Å². The molecule has 1 amide bonds. The van der Waals surface area contributed by atoms with Crippen LogP contribution in [0.1, 0.15) is 39.2 Å². The van der Waals surface area contributed by atoms with E-state index >= 15 is 0 Å². The molecule has 140 valence electrons. The number of likely N-dealkylation sites (tertiary alicyclic amines) is 1. The number of piperidine rings is 1. The van der Waals surface area contributed by atoms with E-state index in [1.165, 1.54) is 0 Å². The Morgan fingerprint density at radius 1 is 1.15 bits per heavy atom. The summed E-state index contributed by atoms with van der Waals surface area (Å²) in [4.78, 5) is 13.8. The molecule has 4 nitrogen and oxygen atoms in total. The molecule has 2 aromatic rings. The number of amides is 1. The molecular weight excluding hydrogens is 333 g/mol. The monoisotopic (exact) mass is 359 g/mol. The molecule has 1 aliphatic heterocycles. The van der Waals surface area contributed by atoms with Gasteiger partial charge in [-0.25, -0.2) is 9.18 Å². The van der Waals surface area contributed by atoms with E-state index in [1.807, 2.05) is 45.0 Å². The lowest BCUT2D eigenvalue weighted by molar-refractivity contribution is -0.0175. The number of hydrogen-bond donors (Lipinski definition) is 0. The van der Waals surface area contributed by atoms with Gasteiger partial charge in [0.25, 0.3) is 0 Å². The van der Waals surface area contributed by atoms with Crippen molar-refractivity contribution < 1.29 is 18.7 Å². The Balaban J connectivity index is 1.53. The van der Waals surface area contributed by atoms with Crippen LogP contribution in [0.15, 0.2) is 36.4 Å². The van der Waals surface area contributed by atoms with E-state index in [0.29, 0.717) is 24.0 Å². The van der Waals surface area contributed by atoms with E-state index in [4.69, 9.17) is 9.47 Å². The van der Waals surface area contributed by atoms with Crippen molar-refractivity contribution in [2.24, 2.45) is 0 Å². The SMILES string of the molecule is CC(C)(C)OC(=O)N1CCC(OCc2ccc3ccccc3c2F)CC1. The van der Waals surface area contributed by atoms with Crippen LogP contribution >= 0.6 is 0 Å². The highest BCUT2D eigenvalue weighted by Gasteiger charge is 2.27. The second-order valence-electron chi connectivity index (χ2n) is 7.74. The molecule has 1 aliphatic rings. The highest BCUT2D eigenvalue weighted by atomic mass is 19.1. The second kappa shape index (κ2) is 7.62. The summed E-state index contributed by atoms with van der Waals surface area (Å²) >= 11 is 0. The smallest absolute Gasteiger partial charge is 0.410 e. The summed E-state index contributed by atoms with van der Waals surface area (Å²) in [6, 6.07) is 11.1. The maximum atomic E-state index is 14.6. The predicted octanol–water partition coefficient (Wildman–Crippen LogP) is 4.90. The minimum absolute atomic E-state index is 0.0274. The summed E-state index contributed by atoms with van der Waals surface area (Å²) in [5, 5.41) is 1.51. The average Bonchev–Trinajstić information content (AvgIpc) is 2.60. The van der Waals surface area contributed by atoms with Crippen LogP contribution in [-0.2, 0) is 16.1 Å². The van der Waals surface area contributed by atoms with Crippen LogP contribution in [0.2, 0.25) is 0 Å². The van der Waals surface area contributed by atoms with Gasteiger partial charge in [0.05, 0.1) is 12.7 Å². The van der Waals surface area contributed by atoms with Gasteiger partial charge in [-0.2, -0.15) is 0 Å². The summed E-state index contributed by atoms with van der Waals surface area (Å²) in [5.74, 6) is -0.214. The molecule has 5 heteroatoms.